The molecule has 1 amide bonds. The lowest BCUT2D eigenvalue weighted by Gasteiger charge is -2.17. The van der Waals surface area contributed by atoms with Gasteiger partial charge in [0.2, 0.25) is 5.95 Å². The van der Waals surface area contributed by atoms with Gasteiger partial charge < -0.3 is 10.2 Å². The largest absolute Gasteiger partial charge is 0.322 e. The Morgan fingerprint density at radius 3 is 2.52 bits per heavy atom. The molecule has 1 aliphatic heterocycles. The Morgan fingerprint density at radius 1 is 1.00 bits per heavy atom. The molecule has 0 saturated heterocycles. The molecule has 0 radical (unpaired) electrons. The van der Waals surface area contributed by atoms with Crippen molar-refractivity contribution in [1.82, 2.24) is 9.97 Å². The number of hydrogen-bond donors (Lipinski definition) is 1. The zero-order valence-electron chi connectivity index (χ0n) is 13.9. The van der Waals surface area contributed by atoms with Crippen LogP contribution in [-0.4, -0.2) is 22.4 Å². The minimum absolute atomic E-state index is 0.0433. The van der Waals surface area contributed by atoms with Gasteiger partial charge in [0.25, 0.3) is 5.91 Å². The summed E-state index contributed by atoms with van der Waals surface area (Å²) in [5.41, 5.74) is 1.91. The third kappa shape index (κ3) is 3.10. The molecule has 2 heterocycles. The first-order valence-corrected chi connectivity index (χ1v) is 8.17. The summed E-state index contributed by atoms with van der Waals surface area (Å²) in [4.78, 5) is 22.3. The maximum Gasteiger partial charge on any atom is 0.261 e. The smallest absolute Gasteiger partial charge is 0.261 e. The Morgan fingerprint density at radius 2 is 1.74 bits per heavy atom. The van der Waals surface area contributed by atoms with Gasteiger partial charge in [-0.25, -0.2) is 23.1 Å². The van der Waals surface area contributed by atoms with E-state index in [2.05, 4.69) is 15.3 Å². The summed E-state index contributed by atoms with van der Waals surface area (Å²) in [5.74, 6) is -4.53. The molecule has 0 fully saturated rings. The SMILES string of the molecule is O=C(c1cnc(Nc2ccc(F)c(F)c2F)nc1)N1CCc2ccccc21. The lowest BCUT2D eigenvalue weighted by Crippen LogP contribution is -2.29. The molecule has 136 valence electrons. The molecule has 1 N–H and O–H groups in total. The van der Waals surface area contributed by atoms with Gasteiger partial charge >= 0.3 is 0 Å². The minimum atomic E-state index is -1.58. The lowest BCUT2D eigenvalue weighted by molar-refractivity contribution is 0.0988. The number of fused-ring (bicyclic) bond motifs is 1. The molecule has 0 saturated carbocycles. The van der Waals surface area contributed by atoms with Crippen molar-refractivity contribution < 1.29 is 18.0 Å². The minimum Gasteiger partial charge on any atom is -0.322 e. The van der Waals surface area contributed by atoms with Gasteiger partial charge in [-0.05, 0) is 30.2 Å². The van der Waals surface area contributed by atoms with Gasteiger partial charge in [0, 0.05) is 24.6 Å². The number of para-hydroxylation sites is 1. The Bertz CT molecular complexity index is 1020. The van der Waals surface area contributed by atoms with Crippen LogP contribution in [0.4, 0.5) is 30.5 Å². The Balaban J connectivity index is 1.53. The standard InChI is InChI=1S/C19H13F3N4O/c20-13-5-6-14(17(22)16(13)21)25-19-23-9-12(10-24-19)18(27)26-8-7-11-3-1-2-4-15(11)26/h1-6,9-10H,7-8H2,(H,23,24,25). The first-order valence-electron chi connectivity index (χ1n) is 8.17. The van der Waals surface area contributed by atoms with E-state index in [0.29, 0.717) is 6.54 Å². The molecular weight excluding hydrogens is 357 g/mol. The van der Waals surface area contributed by atoms with Crippen molar-refractivity contribution in [2.45, 2.75) is 6.42 Å². The maximum absolute atomic E-state index is 13.7. The summed E-state index contributed by atoms with van der Waals surface area (Å²) in [6, 6.07) is 9.48. The van der Waals surface area contributed by atoms with Gasteiger partial charge in [0.1, 0.15) is 0 Å². The summed E-state index contributed by atoms with van der Waals surface area (Å²) in [6.45, 7) is 0.568. The van der Waals surface area contributed by atoms with Gasteiger partial charge in [-0.3, -0.25) is 4.79 Å². The van der Waals surface area contributed by atoms with Crippen LogP contribution < -0.4 is 10.2 Å². The summed E-state index contributed by atoms with van der Waals surface area (Å²) in [7, 11) is 0. The molecular formula is C19H13F3N4O. The normalized spacial score (nSPS) is 12.8. The molecule has 4 rings (SSSR count). The number of carbonyl (C=O) groups is 1. The van der Waals surface area contributed by atoms with Crippen LogP contribution in [0.3, 0.4) is 0 Å². The van der Waals surface area contributed by atoms with Crippen molar-refractivity contribution in [2.24, 2.45) is 0 Å². The van der Waals surface area contributed by atoms with Crippen LogP contribution in [0.2, 0.25) is 0 Å². The summed E-state index contributed by atoms with van der Waals surface area (Å²) >= 11 is 0. The second kappa shape index (κ2) is 6.71. The number of carbonyl (C=O) groups excluding carboxylic acids is 1. The highest BCUT2D eigenvalue weighted by Crippen LogP contribution is 2.29. The molecule has 2 aromatic carbocycles. The van der Waals surface area contributed by atoms with Gasteiger partial charge in [0.15, 0.2) is 17.5 Å². The topological polar surface area (TPSA) is 58.1 Å². The zero-order chi connectivity index (χ0) is 19.0. The summed E-state index contributed by atoms with van der Waals surface area (Å²) < 4.78 is 40.0. The molecule has 0 bridgehead atoms. The Labute approximate surface area is 152 Å². The van der Waals surface area contributed by atoms with E-state index < -0.39 is 17.5 Å². The molecule has 27 heavy (non-hydrogen) atoms. The van der Waals surface area contributed by atoms with Crippen LogP contribution in [-0.2, 0) is 6.42 Å². The van der Waals surface area contributed by atoms with Crippen molar-refractivity contribution in [1.29, 1.82) is 0 Å². The molecule has 5 nitrogen and oxygen atoms in total. The second-order valence-electron chi connectivity index (χ2n) is 5.98. The third-order valence-electron chi connectivity index (χ3n) is 4.31. The van der Waals surface area contributed by atoms with E-state index in [1.807, 2.05) is 24.3 Å². The fourth-order valence-electron chi connectivity index (χ4n) is 2.95. The van der Waals surface area contributed by atoms with E-state index in [0.717, 1.165) is 29.8 Å². The predicted octanol–water partition coefficient (Wildman–Crippen LogP) is 3.84. The number of hydrogen-bond acceptors (Lipinski definition) is 4. The third-order valence-corrected chi connectivity index (χ3v) is 4.31. The van der Waals surface area contributed by atoms with Crippen LogP contribution >= 0.6 is 0 Å². The van der Waals surface area contributed by atoms with Crippen molar-refractivity contribution in [3.8, 4) is 0 Å². The van der Waals surface area contributed by atoms with Crippen LogP contribution in [0.1, 0.15) is 15.9 Å². The number of rotatable bonds is 3. The first-order chi connectivity index (χ1) is 13.0. The monoisotopic (exact) mass is 370 g/mol. The van der Waals surface area contributed by atoms with E-state index >= 15 is 0 Å². The van der Waals surface area contributed by atoms with E-state index in [1.54, 1.807) is 4.90 Å². The molecule has 0 unspecified atom stereocenters. The van der Waals surface area contributed by atoms with Crippen molar-refractivity contribution in [3.63, 3.8) is 0 Å². The van der Waals surface area contributed by atoms with Crippen LogP contribution in [0.15, 0.2) is 48.8 Å². The maximum atomic E-state index is 13.7. The lowest BCUT2D eigenvalue weighted by atomic mass is 10.2. The number of nitrogens with one attached hydrogen (secondary N) is 1. The highest BCUT2D eigenvalue weighted by atomic mass is 19.2. The molecule has 1 aliphatic rings. The van der Waals surface area contributed by atoms with Crippen molar-refractivity contribution >= 4 is 23.2 Å². The van der Waals surface area contributed by atoms with Gasteiger partial charge in [-0.2, -0.15) is 0 Å². The zero-order valence-corrected chi connectivity index (χ0v) is 13.9. The number of benzene rings is 2. The molecule has 0 atom stereocenters. The summed E-state index contributed by atoms with van der Waals surface area (Å²) in [5, 5.41) is 2.46. The fraction of sp³-hybridized carbons (Fsp3) is 0.105. The number of amides is 1. The molecule has 0 aliphatic carbocycles. The molecule has 0 spiro atoms. The second-order valence-corrected chi connectivity index (χ2v) is 5.98. The number of nitrogens with zero attached hydrogens (tertiary/aromatic N) is 3. The van der Waals surface area contributed by atoms with Crippen LogP contribution in [0.5, 0.6) is 0 Å². The quantitative estimate of drug-likeness (QED) is 0.712. The fourth-order valence-corrected chi connectivity index (χ4v) is 2.95. The summed E-state index contributed by atoms with van der Waals surface area (Å²) in [6.07, 6.45) is 3.38. The van der Waals surface area contributed by atoms with Crippen molar-refractivity contribution in [2.75, 3.05) is 16.8 Å². The average molecular weight is 370 g/mol. The van der Waals surface area contributed by atoms with Gasteiger partial charge in [-0.1, -0.05) is 18.2 Å². The Hall–Kier alpha value is -3.42. The van der Waals surface area contributed by atoms with Gasteiger partial charge in [-0.15, -0.1) is 0 Å². The average Bonchev–Trinajstić information content (AvgIpc) is 3.12. The van der Waals surface area contributed by atoms with E-state index in [-0.39, 0.29) is 23.1 Å². The van der Waals surface area contributed by atoms with Gasteiger partial charge in [0.05, 0.1) is 11.3 Å². The molecule has 3 aromatic rings. The van der Waals surface area contributed by atoms with Crippen LogP contribution in [0, 0.1) is 17.5 Å². The number of anilines is 3. The molecule has 8 heteroatoms. The van der Waals surface area contributed by atoms with Crippen LogP contribution in [0.25, 0.3) is 0 Å². The number of aromatic nitrogens is 2. The predicted molar refractivity (Wildman–Crippen MR) is 93.5 cm³/mol. The first kappa shape index (κ1) is 17.0. The highest BCUT2D eigenvalue weighted by Gasteiger charge is 2.25. The van der Waals surface area contributed by atoms with Crippen molar-refractivity contribution in [3.05, 3.63) is 77.4 Å². The van der Waals surface area contributed by atoms with E-state index in [9.17, 15) is 18.0 Å². The van der Waals surface area contributed by atoms with E-state index in [4.69, 9.17) is 0 Å². The molecule has 1 aromatic heterocycles. The number of halogens is 3. The highest BCUT2D eigenvalue weighted by molar-refractivity contribution is 6.07. The van der Waals surface area contributed by atoms with E-state index in [1.165, 1.54) is 12.4 Å². The Kier molecular flexibility index (Phi) is 4.23.